The van der Waals surface area contributed by atoms with Crippen molar-refractivity contribution in [1.82, 2.24) is 14.6 Å². The molecule has 0 spiro atoms. The number of nitrogens with zero attached hydrogens (tertiary/aromatic N) is 2. The Morgan fingerprint density at radius 2 is 2.00 bits per heavy atom. The Morgan fingerprint density at radius 3 is 2.58 bits per heavy atom. The number of carbonyl (C=O) groups excluding carboxylic acids is 1. The summed E-state index contributed by atoms with van der Waals surface area (Å²) in [6.45, 7) is 4.35. The molecule has 0 saturated carbocycles. The van der Waals surface area contributed by atoms with Crippen molar-refractivity contribution in [3.8, 4) is 0 Å². The van der Waals surface area contributed by atoms with Crippen LogP contribution in [-0.2, 0) is 10.0 Å². The summed E-state index contributed by atoms with van der Waals surface area (Å²) in [5, 5.41) is 3.42. The molecule has 1 aliphatic rings. The van der Waals surface area contributed by atoms with E-state index in [1.165, 1.54) is 21.7 Å². The minimum Gasteiger partial charge on any atom is -0.348 e. The maximum atomic E-state index is 12.8. The van der Waals surface area contributed by atoms with Crippen molar-refractivity contribution in [2.24, 2.45) is 0 Å². The summed E-state index contributed by atoms with van der Waals surface area (Å²) in [4.78, 5) is 17.2. The molecule has 140 valence electrons. The second-order valence-corrected chi connectivity index (χ2v) is 9.53. The number of aryl methyl sites for hydroxylation is 2. The van der Waals surface area contributed by atoms with Gasteiger partial charge in [-0.05, 0) is 44.4 Å². The van der Waals surface area contributed by atoms with Crippen molar-refractivity contribution in [2.75, 3.05) is 13.1 Å². The minimum atomic E-state index is -3.57. The SMILES string of the molecule is Cc1ccc(S(=O)(=O)N2CCC(NC(=O)c3scnc3C)CC2)cc1Cl. The first kappa shape index (κ1) is 19.3. The van der Waals surface area contributed by atoms with E-state index in [1.54, 1.807) is 24.6 Å². The van der Waals surface area contributed by atoms with Crippen LogP contribution in [-0.4, -0.2) is 42.7 Å². The summed E-state index contributed by atoms with van der Waals surface area (Å²) in [7, 11) is -3.57. The molecule has 6 nitrogen and oxygen atoms in total. The number of halogens is 1. The van der Waals surface area contributed by atoms with Gasteiger partial charge in [0.15, 0.2) is 0 Å². The quantitative estimate of drug-likeness (QED) is 0.835. The number of sulfonamides is 1. The fourth-order valence-electron chi connectivity index (χ4n) is 2.89. The number of carbonyl (C=O) groups is 1. The van der Waals surface area contributed by atoms with Crippen molar-refractivity contribution in [1.29, 1.82) is 0 Å². The Labute approximate surface area is 162 Å². The minimum absolute atomic E-state index is 0.0444. The molecule has 1 N–H and O–H groups in total. The predicted molar refractivity (Wildman–Crippen MR) is 102 cm³/mol. The summed E-state index contributed by atoms with van der Waals surface area (Å²) in [6, 6.07) is 4.74. The summed E-state index contributed by atoms with van der Waals surface area (Å²) < 4.78 is 27.0. The smallest absolute Gasteiger partial charge is 0.263 e. The average Bonchev–Trinajstić information content (AvgIpc) is 3.04. The van der Waals surface area contributed by atoms with Crippen LogP contribution in [0, 0.1) is 13.8 Å². The molecule has 3 rings (SSSR count). The second-order valence-electron chi connectivity index (χ2n) is 6.33. The topological polar surface area (TPSA) is 79.4 Å². The van der Waals surface area contributed by atoms with Crippen LogP contribution in [0.4, 0.5) is 0 Å². The molecule has 1 aliphatic heterocycles. The van der Waals surface area contributed by atoms with Crippen LogP contribution in [0.3, 0.4) is 0 Å². The molecule has 1 aromatic carbocycles. The van der Waals surface area contributed by atoms with Gasteiger partial charge in [-0.15, -0.1) is 11.3 Å². The number of benzene rings is 1. The van der Waals surface area contributed by atoms with E-state index in [2.05, 4.69) is 10.3 Å². The third-order valence-electron chi connectivity index (χ3n) is 4.52. The van der Waals surface area contributed by atoms with Gasteiger partial charge in [-0.25, -0.2) is 13.4 Å². The van der Waals surface area contributed by atoms with Crippen LogP contribution in [0.5, 0.6) is 0 Å². The van der Waals surface area contributed by atoms with E-state index in [-0.39, 0.29) is 16.8 Å². The van der Waals surface area contributed by atoms with Gasteiger partial charge in [-0.2, -0.15) is 4.31 Å². The van der Waals surface area contributed by atoms with Crippen LogP contribution in [0.25, 0.3) is 0 Å². The number of piperidine rings is 1. The number of hydrogen-bond donors (Lipinski definition) is 1. The highest BCUT2D eigenvalue weighted by Crippen LogP contribution is 2.25. The van der Waals surface area contributed by atoms with Crippen LogP contribution >= 0.6 is 22.9 Å². The molecule has 1 amide bonds. The number of aromatic nitrogens is 1. The standard InChI is InChI=1S/C17H20ClN3O3S2/c1-11-3-4-14(9-15(11)18)26(23,24)21-7-5-13(6-8-21)20-17(22)16-12(2)19-10-25-16/h3-4,9-10,13H,5-8H2,1-2H3,(H,20,22). The molecule has 2 aromatic rings. The molecular weight excluding hydrogens is 394 g/mol. The van der Waals surface area contributed by atoms with Gasteiger partial charge in [-0.3, -0.25) is 4.79 Å². The number of amides is 1. The zero-order chi connectivity index (χ0) is 18.9. The fourth-order valence-corrected chi connectivity index (χ4v) is 5.34. The molecule has 2 heterocycles. The van der Waals surface area contributed by atoms with Gasteiger partial charge in [0.05, 0.1) is 16.1 Å². The van der Waals surface area contributed by atoms with E-state index in [9.17, 15) is 13.2 Å². The van der Waals surface area contributed by atoms with Crippen molar-refractivity contribution in [3.05, 3.63) is 44.9 Å². The largest absolute Gasteiger partial charge is 0.348 e. The fraction of sp³-hybridized carbons (Fsp3) is 0.412. The summed E-state index contributed by atoms with van der Waals surface area (Å²) in [5.41, 5.74) is 3.20. The lowest BCUT2D eigenvalue weighted by atomic mass is 10.1. The van der Waals surface area contributed by atoms with Gasteiger partial charge < -0.3 is 5.32 Å². The van der Waals surface area contributed by atoms with Crippen molar-refractivity contribution in [2.45, 2.75) is 37.6 Å². The Hall–Kier alpha value is -1.48. The lowest BCUT2D eigenvalue weighted by molar-refractivity contribution is 0.0927. The molecular formula is C17H20ClN3O3S2. The Bertz CT molecular complexity index is 919. The van der Waals surface area contributed by atoms with E-state index in [1.807, 2.05) is 6.92 Å². The highest BCUT2D eigenvalue weighted by molar-refractivity contribution is 7.89. The molecule has 1 saturated heterocycles. The lowest BCUT2D eigenvalue weighted by Crippen LogP contribution is -2.46. The normalized spacial score (nSPS) is 16.6. The van der Waals surface area contributed by atoms with E-state index >= 15 is 0 Å². The molecule has 1 fully saturated rings. The maximum Gasteiger partial charge on any atom is 0.263 e. The van der Waals surface area contributed by atoms with E-state index in [4.69, 9.17) is 11.6 Å². The Balaban J connectivity index is 1.63. The molecule has 0 bridgehead atoms. The van der Waals surface area contributed by atoms with Crippen LogP contribution in [0.1, 0.15) is 33.8 Å². The highest BCUT2D eigenvalue weighted by Gasteiger charge is 2.30. The Morgan fingerprint density at radius 1 is 1.31 bits per heavy atom. The van der Waals surface area contributed by atoms with E-state index < -0.39 is 10.0 Å². The number of nitrogens with one attached hydrogen (secondary N) is 1. The van der Waals surface area contributed by atoms with Gasteiger partial charge in [-0.1, -0.05) is 17.7 Å². The number of hydrogen-bond acceptors (Lipinski definition) is 5. The molecule has 0 radical (unpaired) electrons. The molecule has 0 aliphatic carbocycles. The zero-order valence-corrected chi connectivity index (χ0v) is 16.9. The third kappa shape index (κ3) is 3.93. The summed E-state index contributed by atoms with van der Waals surface area (Å²) in [6.07, 6.45) is 1.14. The maximum absolute atomic E-state index is 12.8. The van der Waals surface area contributed by atoms with Crippen molar-refractivity contribution >= 4 is 38.9 Å². The zero-order valence-electron chi connectivity index (χ0n) is 14.5. The number of thiazole rings is 1. The lowest BCUT2D eigenvalue weighted by Gasteiger charge is -2.31. The van der Waals surface area contributed by atoms with Gasteiger partial charge >= 0.3 is 0 Å². The van der Waals surface area contributed by atoms with Crippen molar-refractivity contribution < 1.29 is 13.2 Å². The van der Waals surface area contributed by atoms with Crippen LogP contribution < -0.4 is 5.32 Å². The molecule has 26 heavy (non-hydrogen) atoms. The first-order valence-corrected chi connectivity index (χ1v) is 11.0. The van der Waals surface area contributed by atoms with Crippen LogP contribution in [0.2, 0.25) is 5.02 Å². The summed E-state index contributed by atoms with van der Waals surface area (Å²) in [5.74, 6) is -0.142. The molecule has 9 heteroatoms. The van der Waals surface area contributed by atoms with Gasteiger partial charge in [0.2, 0.25) is 10.0 Å². The molecule has 0 atom stereocenters. The summed E-state index contributed by atoms with van der Waals surface area (Å²) >= 11 is 7.38. The number of rotatable bonds is 4. The first-order valence-electron chi connectivity index (χ1n) is 8.26. The third-order valence-corrected chi connectivity index (χ3v) is 7.75. The average molecular weight is 414 g/mol. The predicted octanol–water partition coefficient (Wildman–Crippen LogP) is 3.00. The van der Waals surface area contributed by atoms with Crippen molar-refractivity contribution in [3.63, 3.8) is 0 Å². The van der Waals surface area contributed by atoms with Gasteiger partial charge in [0, 0.05) is 24.2 Å². The van der Waals surface area contributed by atoms with Crippen LogP contribution in [0.15, 0.2) is 28.6 Å². The monoisotopic (exact) mass is 413 g/mol. The molecule has 0 unspecified atom stereocenters. The second kappa shape index (κ2) is 7.64. The molecule has 1 aromatic heterocycles. The van der Waals surface area contributed by atoms with E-state index in [0.717, 1.165) is 5.56 Å². The van der Waals surface area contributed by atoms with E-state index in [0.29, 0.717) is 41.5 Å². The van der Waals surface area contributed by atoms with Gasteiger partial charge in [0.1, 0.15) is 4.88 Å². The van der Waals surface area contributed by atoms with Gasteiger partial charge in [0.25, 0.3) is 5.91 Å². The highest BCUT2D eigenvalue weighted by atomic mass is 35.5. The Kier molecular flexibility index (Phi) is 5.67. The first-order chi connectivity index (χ1) is 12.3.